The molecule has 0 atom stereocenters. The molecule has 154 valence electrons. The normalized spacial score (nSPS) is 16.0. The van der Waals surface area contributed by atoms with Crippen molar-refractivity contribution in [1.29, 1.82) is 0 Å². The molecule has 0 aliphatic heterocycles. The zero-order chi connectivity index (χ0) is 21.0. The van der Waals surface area contributed by atoms with Crippen LogP contribution >= 0.6 is 0 Å². The van der Waals surface area contributed by atoms with E-state index in [0.717, 1.165) is 17.7 Å². The molecular weight excluding hydrogens is 388 g/mol. The average molecular weight is 408 g/mol. The van der Waals surface area contributed by atoms with Crippen LogP contribution in [0.5, 0.6) is 5.75 Å². The molecule has 1 aliphatic carbocycles. The summed E-state index contributed by atoms with van der Waals surface area (Å²) in [7, 11) is 0. The van der Waals surface area contributed by atoms with Crippen LogP contribution in [0.4, 0.5) is 17.6 Å². The second-order valence-corrected chi connectivity index (χ2v) is 7.05. The van der Waals surface area contributed by atoms with Gasteiger partial charge >= 0.3 is 5.97 Å². The van der Waals surface area contributed by atoms with Crippen molar-refractivity contribution in [3.05, 3.63) is 70.8 Å². The summed E-state index contributed by atoms with van der Waals surface area (Å²) in [5, 5.41) is 8.68. The summed E-state index contributed by atoms with van der Waals surface area (Å²) in [5.41, 5.74) is 1.98. The SMILES string of the molecule is O=C(O)CCc1cc(F)c(OCC2=C(c3ccccc3)CCC(F)(F)C2)c(F)c1. The summed E-state index contributed by atoms with van der Waals surface area (Å²) < 4.78 is 61.7. The molecule has 1 aliphatic rings. The van der Waals surface area contributed by atoms with Gasteiger partial charge in [-0.15, -0.1) is 0 Å². The van der Waals surface area contributed by atoms with Gasteiger partial charge in [0.05, 0.1) is 0 Å². The third-order valence-electron chi connectivity index (χ3n) is 4.84. The monoisotopic (exact) mass is 408 g/mol. The number of aryl methyl sites for hydroxylation is 1. The number of ether oxygens (including phenoxy) is 1. The Morgan fingerprint density at radius 1 is 1.10 bits per heavy atom. The molecular formula is C22H20F4O3. The summed E-state index contributed by atoms with van der Waals surface area (Å²) >= 11 is 0. The molecule has 2 aromatic rings. The van der Waals surface area contributed by atoms with Gasteiger partial charge in [-0.1, -0.05) is 30.3 Å². The lowest BCUT2D eigenvalue weighted by Crippen LogP contribution is -2.24. The van der Waals surface area contributed by atoms with E-state index >= 15 is 0 Å². The van der Waals surface area contributed by atoms with Gasteiger partial charge in [0.1, 0.15) is 6.61 Å². The number of halogens is 4. The highest BCUT2D eigenvalue weighted by atomic mass is 19.3. The number of allylic oxidation sites excluding steroid dienone is 1. The van der Waals surface area contributed by atoms with Crippen LogP contribution in [0.3, 0.4) is 0 Å². The summed E-state index contributed by atoms with van der Waals surface area (Å²) in [6.07, 6.45) is -0.964. The minimum atomic E-state index is -2.89. The third kappa shape index (κ3) is 5.37. The van der Waals surface area contributed by atoms with Gasteiger partial charge in [0.25, 0.3) is 5.92 Å². The van der Waals surface area contributed by atoms with E-state index in [0.29, 0.717) is 11.1 Å². The van der Waals surface area contributed by atoms with E-state index in [1.165, 1.54) is 0 Å². The second kappa shape index (κ2) is 8.68. The van der Waals surface area contributed by atoms with Crippen molar-refractivity contribution in [3.63, 3.8) is 0 Å². The standard InChI is InChI=1S/C22H20F4O3/c23-18-10-14(6-7-20(27)28)11-19(24)21(18)29-13-16-12-22(25,26)9-8-17(16)15-4-2-1-3-5-15/h1-5,10-11H,6-9,12-13H2,(H,27,28). The molecule has 7 heteroatoms. The molecule has 0 unspecified atom stereocenters. The first-order chi connectivity index (χ1) is 13.7. The first-order valence-corrected chi connectivity index (χ1v) is 9.22. The largest absolute Gasteiger partial charge is 0.483 e. The number of benzene rings is 2. The van der Waals surface area contributed by atoms with Crippen molar-refractivity contribution < 1.29 is 32.2 Å². The first-order valence-electron chi connectivity index (χ1n) is 9.22. The number of carboxylic acids is 1. The molecule has 0 saturated carbocycles. The van der Waals surface area contributed by atoms with Crippen LogP contribution in [0.25, 0.3) is 5.57 Å². The van der Waals surface area contributed by atoms with Crippen molar-refractivity contribution in [2.24, 2.45) is 0 Å². The van der Waals surface area contributed by atoms with Gasteiger partial charge in [0.2, 0.25) is 0 Å². The molecule has 1 N–H and O–H groups in total. The van der Waals surface area contributed by atoms with E-state index in [1.807, 2.05) is 6.07 Å². The number of hydrogen-bond donors (Lipinski definition) is 1. The Balaban J connectivity index is 1.82. The predicted molar refractivity (Wildman–Crippen MR) is 100.0 cm³/mol. The number of rotatable bonds is 7. The minimum absolute atomic E-state index is 0.0288. The summed E-state index contributed by atoms with van der Waals surface area (Å²) in [5.74, 6) is -6.61. The molecule has 0 amide bonds. The predicted octanol–water partition coefficient (Wildman–Crippen LogP) is 5.63. The van der Waals surface area contributed by atoms with Gasteiger partial charge in [-0.2, -0.15) is 0 Å². The molecule has 0 bridgehead atoms. The first kappa shape index (κ1) is 20.9. The number of hydrogen-bond acceptors (Lipinski definition) is 2. The Morgan fingerprint density at radius 2 is 1.76 bits per heavy atom. The van der Waals surface area contributed by atoms with E-state index in [4.69, 9.17) is 9.84 Å². The lowest BCUT2D eigenvalue weighted by atomic mass is 9.85. The molecule has 3 nitrogen and oxygen atoms in total. The van der Waals surface area contributed by atoms with Gasteiger partial charge in [-0.05, 0) is 47.2 Å². The quantitative estimate of drug-likeness (QED) is 0.604. The fourth-order valence-electron chi connectivity index (χ4n) is 3.42. The lowest BCUT2D eigenvalue weighted by Gasteiger charge is -2.27. The van der Waals surface area contributed by atoms with Gasteiger partial charge < -0.3 is 9.84 Å². The molecule has 3 rings (SSSR count). The number of carbonyl (C=O) groups is 1. The van der Waals surface area contributed by atoms with E-state index in [9.17, 15) is 22.4 Å². The van der Waals surface area contributed by atoms with Crippen molar-refractivity contribution in [3.8, 4) is 5.75 Å². The summed E-state index contributed by atoms with van der Waals surface area (Å²) in [6.45, 7) is -0.359. The van der Waals surface area contributed by atoms with Gasteiger partial charge in [0, 0.05) is 19.3 Å². The van der Waals surface area contributed by atoms with Crippen LogP contribution in [0.1, 0.15) is 36.8 Å². The Hall–Kier alpha value is -2.83. The topological polar surface area (TPSA) is 46.5 Å². The maximum absolute atomic E-state index is 14.3. The van der Waals surface area contributed by atoms with Crippen LogP contribution in [0.15, 0.2) is 48.0 Å². The van der Waals surface area contributed by atoms with E-state index in [-0.39, 0.29) is 37.9 Å². The molecule has 29 heavy (non-hydrogen) atoms. The Kier molecular flexibility index (Phi) is 6.25. The molecule has 0 spiro atoms. The van der Waals surface area contributed by atoms with Crippen LogP contribution in [-0.2, 0) is 11.2 Å². The summed E-state index contributed by atoms with van der Waals surface area (Å²) in [4.78, 5) is 10.6. The van der Waals surface area contributed by atoms with Crippen molar-refractivity contribution in [2.75, 3.05) is 6.61 Å². The van der Waals surface area contributed by atoms with Gasteiger partial charge in [0.15, 0.2) is 17.4 Å². The number of aliphatic carboxylic acids is 1. The highest BCUT2D eigenvalue weighted by molar-refractivity contribution is 5.70. The smallest absolute Gasteiger partial charge is 0.303 e. The molecule has 0 saturated heterocycles. The van der Waals surface area contributed by atoms with Crippen molar-refractivity contribution in [2.45, 2.75) is 38.0 Å². The molecule has 0 aromatic heterocycles. The Labute approximate surface area is 165 Å². The molecule has 0 fully saturated rings. The van der Waals surface area contributed by atoms with Crippen LogP contribution in [-0.4, -0.2) is 23.6 Å². The summed E-state index contributed by atoms with van der Waals surface area (Å²) in [6, 6.07) is 11.0. The van der Waals surface area contributed by atoms with E-state index in [1.54, 1.807) is 24.3 Å². The Bertz CT molecular complexity index is 900. The highest BCUT2D eigenvalue weighted by Crippen LogP contribution is 2.41. The highest BCUT2D eigenvalue weighted by Gasteiger charge is 2.36. The molecule has 0 heterocycles. The maximum Gasteiger partial charge on any atom is 0.303 e. The van der Waals surface area contributed by atoms with E-state index < -0.39 is 35.7 Å². The maximum atomic E-state index is 14.3. The lowest BCUT2D eigenvalue weighted by molar-refractivity contribution is -0.136. The fraction of sp³-hybridized carbons (Fsp3) is 0.318. The Morgan fingerprint density at radius 3 is 2.38 bits per heavy atom. The van der Waals surface area contributed by atoms with Crippen molar-refractivity contribution in [1.82, 2.24) is 0 Å². The van der Waals surface area contributed by atoms with Crippen molar-refractivity contribution >= 4 is 11.5 Å². The molecule has 2 aromatic carbocycles. The zero-order valence-corrected chi connectivity index (χ0v) is 15.6. The number of carboxylic acid groups (broad SMARTS) is 1. The third-order valence-corrected chi connectivity index (χ3v) is 4.84. The average Bonchev–Trinajstić information content (AvgIpc) is 2.66. The minimum Gasteiger partial charge on any atom is -0.483 e. The van der Waals surface area contributed by atoms with Gasteiger partial charge in [-0.25, -0.2) is 17.6 Å². The van der Waals surface area contributed by atoms with Crippen LogP contribution in [0.2, 0.25) is 0 Å². The second-order valence-electron chi connectivity index (χ2n) is 7.05. The van der Waals surface area contributed by atoms with E-state index in [2.05, 4.69) is 0 Å². The van der Waals surface area contributed by atoms with Crippen LogP contribution < -0.4 is 4.74 Å². The number of alkyl halides is 2. The zero-order valence-electron chi connectivity index (χ0n) is 15.6. The van der Waals surface area contributed by atoms with Gasteiger partial charge in [-0.3, -0.25) is 4.79 Å². The van der Waals surface area contributed by atoms with Crippen LogP contribution in [0, 0.1) is 11.6 Å². The molecule has 0 radical (unpaired) electrons. The fourth-order valence-corrected chi connectivity index (χ4v) is 3.42.